The summed E-state index contributed by atoms with van der Waals surface area (Å²) in [6.45, 7) is 3.78. The van der Waals surface area contributed by atoms with Crippen molar-refractivity contribution in [2.45, 2.75) is 38.7 Å². The van der Waals surface area contributed by atoms with Crippen LogP contribution in [0.15, 0.2) is 0 Å². The first-order valence-electron chi connectivity index (χ1n) is 4.68. The van der Waals surface area contributed by atoms with Crippen molar-refractivity contribution in [1.82, 2.24) is 0 Å². The molecule has 0 amide bonds. The van der Waals surface area contributed by atoms with Gasteiger partial charge in [-0.3, -0.25) is 0 Å². The Balaban J connectivity index is 2.14. The van der Waals surface area contributed by atoms with Gasteiger partial charge in [0.2, 0.25) is 0 Å². The number of ether oxygens (including phenoxy) is 1. The zero-order chi connectivity index (χ0) is 8.10. The Morgan fingerprint density at radius 3 is 2.36 bits per heavy atom. The summed E-state index contributed by atoms with van der Waals surface area (Å²) >= 11 is 0. The molecule has 0 aromatic carbocycles. The Morgan fingerprint density at radius 1 is 1.27 bits per heavy atom. The van der Waals surface area contributed by atoms with Crippen LogP contribution in [-0.2, 0) is 4.74 Å². The summed E-state index contributed by atoms with van der Waals surface area (Å²) in [5.74, 6) is 0.770. The lowest BCUT2D eigenvalue weighted by atomic mass is 9.87. The van der Waals surface area contributed by atoms with Gasteiger partial charge in [0, 0.05) is 6.61 Å². The van der Waals surface area contributed by atoms with Crippen LogP contribution in [0.4, 0.5) is 0 Å². The van der Waals surface area contributed by atoms with Crippen LogP contribution in [0.2, 0.25) is 0 Å². The number of hydrogen-bond acceptors (Lipinski definition) is 2. The molecular weight excluding hydrogens is 138 g/mol. The smallest absolute Gasteiger partial charge is 0.0575 e. The molecule has 0 aromatic heterocycles. The van der Waals surface area contributed by atoms with Crippen molar-refractivity contribution in [2.75, 3.05) is 13.2 Å². The molecular formula is C9H19NO. The zero-order valence-corrected chi connectivity index (χ0v) is 7.38. The van der Waals surface area contributed by atoms with Crippen molar-refractivity contribution in [3.05, 3.63) is 0 Å². The molecule has 0 atom stereocenters. The van der Waals surface area contributed by atoms with Gasteiger partial charge in [0.1, 0.15) is 0 Å². The lowest BCUT2D eigenvalue weighted by molar-refractivity contribution is 0.0267. The molecule has 2 nitrogen and oxygen atoms in total. The van der Waals surface area contributed by atoms with Gasteiger partial charge >= 0.3 is 0 Å². The van der Waals surface area contributed by atoms with E-state index < -0.39 is 0 Å². The summed E-state index contributed by atoms with van der Waals surface area (Å²) in [4.78, 5) is 0. The fraction of sp³-hybridized carbons (Fsp3) is 1.00. The zero-order valence-electron chi connectivity index (χ0n) is 7.38. The fourth-order valence-corrected chi connectivity index (χ4v) is 1.77. The lowest BCUT2D eigenvalue weighted by Gasteiger charge is -2.27. The number of hydrogen-bond donors (Lipinski definition) is 1. The van der Waals surface area contributed by atoms with E-state index in [0.29, 0.717) is 6.10 Å². The summed E-state index contributed by atoms with van der Waals surface area (Å²) in [5, 5.41) is 0. The highest BCUT2D eigenvalue weighted by Gasteiger charge is 2.19. The minimum atomic E-state index is 0.530. The third-order valence-electron chi connectivity index (χ3n) is 2.53. The van der Waals surface area contributed by atoms with E-state index in [2.05, 4.69) is 6.92 Å². The van der Waals surface area contributed by atoms with E-state index in [9.17, 15) is 0 Å². The average Bonchev–Trinajstić information content (AvgIpc) is 2.07. The van der Waals surface area contributed by atoms with Gasteiger partial charge < -0.3 is 10.5 Å². The number of rotatable bonds is 3. The van der Waals surface area contributed by atoms with E-state index in [0.717, 1.165) is 19.1 Å². The van der Waals surface area contributed by atoms with Crippen molar-refractivity contribution in [1.29, 1.82) is 0 Å². The van der Waals surface area contributed by atoms with Crippen LogP contribution in [0.3, 0.4) is 0 Å². The molecule has 1 aliphatic carbocycles. The van der Waals surface area contributed by atoms with E-state index in [1.165, 1.54) is 25.7 Å². The SMILES string of the molecule is CCO[C@H]1CC[C@H](CN)CC1. The molecule has 11 heavy (non-hydrogen) atoms. The molecule has 1 rings (SSSR count). The normalized spacial score (nSPS) is 32.2. The van der Waals surface area contributed by atoms with Gasteiger partial charge in [0.05, 0.1) is 6.10 Å². The summed E-state index contributed by atoms with van der Waals surface area (Å²) < 4.78 is 5.53. The monoisotopic (exact) mass is 157 g/mol. The summed E-state index contributed by atoms with van der Waals surface area (Å²) in [6.07, 6.45) is 5.50. The van der Waals surface area contributed by atoms with Crippen LogP contribution in [-0.4, -0.2) is 19.3 Å². The molecule has 0 spiro atoms. The van der Waals surface area contributed by atoms with Gasteiger partial charge in [-0.2, -0.15) is 0 Å². The maximum atomic E-state index is 5.58. The van der Waals surface area contributed by atoms with Crippen molar-refractivity contribution in [2.24, 2.45) is 11.7 Å². The highest BCUT2D eigenvalue weighted by molar-refractivity contribution is 4.72. The minimum absolute atomic E-state index is 0.530. The Kier molecular flexibility index (Phi) is 3.87. The second-order valence-corrected chi connectivity index (χ2v) is 3.33. The van der Waals surface area contributed by atoms with Gasteiger partial charge in [-0.15, -0.1) is 0 Å². The molecule has 2 heteroatoms. The Hall–Kier alpha value is -0.0800. The van der Waals surface area contributed by atoms with Crippen LogP contribution in [0, 0.1) is 5.92 Å². The first-order chi connectivity index (χ1) is 5.36. The maximum Gasteiger partial charge on any atom is 0.0575 e. The molecule has 0 aromatic rings. The molecule has 1 fully saturated rings. The van der Waals surface area contributed by atoms with Gasteiger partial charge in [-0.1, -0.05) is 0 Å². The van der Waals surface area contributed by atoms with Gasteiger partial charge in [-0.05, 0) is 45.1 Å². The van der Waals surface area contributed by atoms with E-state index in [1.807, 2.05) is 0 Å². The van der Waals surface area contributed by atoms with Crippen molar-refractivity contribution < 1.29 is 4.74 Å². The van der Waals surface area contributed by atoms with Crippen LogP contribution in [0.25, 0.3) is 0 Å². The van der Waals surface area contributed by atoms with E-state index in [4.69, 9.17) is 10.5 Å². The second-order valence-electron chi connectivity index (χ2n) is 3.33. The summed E-state index contributed by atoms with van der Waals surface area (Å²) in [6, 6.07) is 0. The van der Waals surface area contributed by atoms with E-state index >= 15 is 0 Å². The quantitative estimate of drug-likeness (QED) is 0.674. The topological polar surface area (TPSA) is 35.2 Å². The van der Waals surface area contributed by atoms with Crippen LogP contribution < -0.4 is 5.73 Å². The van der Waals surface area contributed by atoms with Crippen LogP contribution in [0.5, 0.6) is 0 Å². The molecule has 0 bridgehead atoms. The highest BCUT2D eigenvalue weighted by atomic mass is 16.5. The maximum absolute atomic E-state index is 5.58. The standard InChI is InChI=1S/C9H19NO/c1-2-11-9-5-3-8(7-10)4-6-9/h8-9H,2-7,10H2,1H3/t8-,9-. The first-order valence-corrected chi connectivity index (χ1v) is 4.68. The summed E-state index contributed by atoms with van der Waals surface area (Å²) in [7, 11) is 0. The molecule has 0 aliphatic heterocycles. The molecule has 0 heterocycles. The Labute approximate surface area is 69.1 Å². The Bertz CT molecular complexity index is 97.7. The predicted molar refractivity (Wildman–Crippen MR) is 46.4 cm³/mol. The number of nitrogens with two attached hydrogens (primary N) is 1. The van der Waals surface area contributed by atoms with Crippen molar-refractivity contribution >= 4 is 0 Å². The third-order valence-corrected chi connectivity index (χ3v) is 2.53. The van der Waals surface area contributed by atoms with Gasteiger partial charge in [0.15, 0.2) is 0 Å². The van der Waals surface area contributed by atoms with E-state index in [-0.39, 0.29) is 0 Å². The largest absolute Gasteiger partial charge is 0.379 e. The van der Waals surface area contributed by atoms with Crippen molar-refractivity contribution in [3.8, 4) is 0 Å². The molecule has 1 aliphatic rings. The second kappa shape index (κ2) is 4.73. The summed E-state index contributed by atoms with van der Waals surface area (Å²) in [5.41, 5.74) is 5.58. The predicted octanol–water partition coefficient (Wildman–Crippen LogP) is 1.54. The van der Waals surface area contributed by atoms with E-state index in [1.54, 1.807) is 0 Å². The average molecular weight is 157 g/mol. The first kappa shape index (κ1) is 9.01. The molecule has 66 valence electrons. The van der Waals surface area contributed by atoms with Crippen molar-refractivity contribution in [3.63, 3.8) is 0 Å². The molecule has 2 N–H and O–H groups in total. The Morgan fingerprint density at radius 2 is 1.91 bits per heavy atom. The molecule has 0 radical (unpaired) electrons. The minimum Gasteiger partial charge on any atom is -0.379 e. The third kappa shape index (κ3) is 2.80. The van der Waals surface area contributed by atoms with Crippen LogP contribution >= 0.6 is 0 Å². The molecule has 1 saturated carbocycles. The highest BCUT2D eigenvalue weighted by Crippen LogP contribution is 2.24. The molecule has 0 unspecified atom stereocenters. The lowest BCUT2D eigenvalue weighted by Crippen LogP contribution is -2.25. The van der Waals surface area contributed by atoms with Crippen LogP contribution in [0.1, 0.15) is 32.6 Å². The fourth-order valence-electron chi connectivity index (χ4n) is 1.77. The van der Waals surface area contributed by atoms with Gasteiger partial charge in [0.25, 0.3) is 0 Å². The molecule has 0 saturated heterocycles. The van der Waals surface area contributed by atoms with Gasteiger partial charge in [-0.25, -0.2) is 0 Å².